The highest BCUT2D eigenvalue weighted by molar-refractivity contribution is 7.99. The zero-order valence-corrected chi connectivity index (χ0v) is 9.90. The zero-order chi connectivity index (χ0) is 10.2. The largest absolute Gasteiger partial charge is 0.494 e. The van der Waals surface area contributed by atoms with Crippen LogP contribution in [0.5, 0.6) is 5.75 Å². The van der Waals surface area contributed by atoms with E-state index in [1.807, 2.05) is 36.0 Å². The molecule has 0 bridgehead atoms. The summed E-state index contributed by atoms with van der Waals surface area (Å²) in [7, 11) is 0. The molecule has 3 heteroatoms. The average Bonchev–Trinajstić information content (AvgIpc) is 2.18. The van der Waals surface area contributed by atoms with Gasteiger partial charge in [0.15, 0.2) is 0 Å². The third-order valence-electron chi connectivity index (χ3n) is 1.70. The molecule has 1 nitrogen and oxygen atoms in total. The van der Waals surface area contributed by atoms with Crippen molar-refractivity contribution < 1.29 is 4.74 Å². The minimum atomic E-state index is 0.727. The molecule has 0 aliphatic heterocycles. The van der Waals surface area contributed by atoms with Gasteiger partial charge in [-0.15, -0.1) is 0 Å². The first-order chi connectivity index (χ1) is 6.83. The topological polar surface area (TPSA) is 9.23 Å². The lowest BCUT2D eigenvalue weighted by atomic mass is 10.3. The molecular formula is C11H15ClOS. The fourth-order valence-electron chi connectivity index (χ4n) is 1.05. The van der Waals surface area contributed by atoms with Gasteiger partial charge in [-0.05, 0) is 36.1 Å². The van der Waals surface area contributed by atoms with Gasteiger partial charge >= 0.3 is 0 Å². The summed E-state index contributed by atoms with van der Waals surface area (Å²) in [5, 5.41) is 0.727. The molecule has 0 heterocycles. The fourth-order valence-corrected chi connectivity index (χ4v) is 1.84. The summed E-state index contributed by atoms with van der Waals surface area (Å²) in [4.78, 5) is 0. The van der Waals surface area contributed by atoms with Gasteiger partial charge in [0.2, 0.25) is 0 Å². The molecule has 0 saturated heterocycles. The van der Waals surface area contributed by atoms with E-state index in [2.05, 4.69) is 6.92 Å². The molecule has 0 amide bonds. The van der Waals surface area contributed by atoms with Crippen molar-refractivity contribution in [1.29, 1.82) is 0 Å². The maximum atomic E-state index is 5.82. The zero-order valence-electron chi connectivity index (χ0n) is 8.33. The average molecular weight is 231 g/mol. The van der Waals surface area contributed by atoms with E-state index < -0.39 is 0 Å². The van der Waals surface area contributed by atoms with Gasteiger partial charge in [-0.25, -0.2) is 0 Å². The number of hydrogen-bond acceptors (Lipinski definition) is 2. The molecule has 0 aliphatic carbocycles. The van der Waals surface area contributed by atoms with Crippen LogP contribution in [0.3, 0.4) is 0 Å². The van der Waals surface area contributed by atoms with Crippen LogP contribution in [0, 0.1) is 0 Å². The molecule has 0 radical (unpaired) electrons. The molecule has 78 valence electrons. The third kappa shape index (κ3) is 4.77. The summed E-state index contributed by atoms with van der Waals surface area (Å²) in [6.07, 6.45) is 1.09. The van der Waals surface area contributed by atoms with Crippen molar-refractivity contribution in [2.75, 3.05) is 18.1 Å². The number of ether oxygens (including phenoxy) is 1. The van der Waals surface area contributed by atoms with Gasteiger partial charge in [0, 0.05) is 5.02 Å². The molecule has 1 rings (SSSR count). The molecule has 14 heavy (non-hydrogen) atoms. The molecule has 0 unspecified atom stereocenters. The van der Waals surface area contributed by atoms with Crippen molar-refractivity contribution in [3.8, 4) is 5.75 Å². The number of thioether (sulfide) groups is 1. The molecule has 0 spiro atoms. The van der Waals surface area contributed by atoms with E-state index in [-0.39, 0.29) is 0 Å². The fraction of sp³-hybridized carbons (Fsp3) is 0.455. The van der Waals surface area contributed by atoms with Gasteiger partial charge in [0.05, 0.1) is 6.61 Å². The van der Waals surface area contributed by atoms with Gasteiger partial charge < -0.3 is 4.74 Å². The van der Waals surface area contributed by atoms with E-state index in [0.29, 0.717) is 0 Å². The Hall–Kier alpha value is -0.340. The first kappa shape index (κ1) is 11.7. The Morgan fingerprint density at radius 3 is 3.00 bits per heavy atom. The van der Waals surface area contributed by atoms with Crippen LogP contribution in [-0.2, 0) is 0 Å². The van der Waals surface area contributed by atoms with Crippen molar-refractivity contribution in [2.24, 2.45) is 0 Å². The molecule has 0 saturated carbocycles. The summed E-state index contributed by atoms with van der Waals surface area (Å²) < 4.78 is 5.54. The van der Waals surface area contributed by atoms with Crippen LogP contribution in [0.2, 0.25) is 5.02 Å². The van der Waals surface area contributed by atoms with E-state index >= 15 is 0 Å². The van der Waals surface area contributed by atoms with E-state index in [0.717, 1.165) is 29.6 Å². The SMILES string of the molecule is CCSCCCOc1cccc(Cl)c1. The lowest BCUT2D eigenvalue weighted by Gasteiger charge is -2.05. The summed E-state index contributed by atoms with van der Waals surface area (Å²) in [5.74, 6) is 3.20. The second-order valence-electron chi connectivity index (χ2n) is 2.86. The van der Waals surface area contributed by atoms with E-state index in [9.17, 15) is 0 Å². The maximum Gasteiger partial charge on any atom is 0.120 e. The van der Waals surface area contributed by atoms with Crippen molar-refractivity contribution in [1.82, 2.24) is 0 Å². The van der Waals surface area contributed by atoms with Gasteiger partial charge in [0.1, 0.15) is 5.75 Å². The van der Waals surface area contributed by atoms with Crippen LogP contribution >= 0.6 is 23.4 Å². The Morgan fingerprint density at radius 1 is 1.43 bits per heavy atom. The van der Waals surface area contributed by atoms with Crippen molar-refractivity contribution >= 4 is 23.4 Å². The molecule has 1 aromatic carbocycles. The third-order valence-corrected chi connectivity index (χ3v) is 2.92. The molecule has 0 aromatic heterocycles. The summed E-state index contributed by atoms with van der Waals surface area (Å²) in [5.41, 5.74) is 0. The van der Waals surface area contributed by atoms with Crippen LogP contribution in [0.25, 0.3) is 0 Å². The highest BCUT2D eigenvalue weighted by Gasteiger charge is 1.94. The highest BCUT2D eigenvalue weighted by atomic mass is 35.5. The highest BCUT2D eigenvalue weighted by Crippen LogP contribution is 2.17. The van der Waals surface area contributed by atoms with Crippen molar-refractivity contribution in [3.05, 3.63) is 29.3 Å². The predicted molar refractivity (Wildman–Crippen MR) is 64.6 cm³/mol. The van der Waals surface area contributed by atoms with E-state index in [1.165, 1.54) is 5.75 Å². The smallest absolute Gasteiger partial charge is 0.120 e. The summed E-state index contributed by atoms with van der Waals surface area (Å²) in [6.45, 7) is 2.94. The van der Waals surface area contributed by atoms with E-state index in [4.69, 9.17) is 16.3 Å². The van der Waals surface area contributed by atoms with Crippen LogP contribution in [0.4, 0.5) is 0 Å². The lowest BCUT2D eigenvalue weighted by Crippen LogP contribution is -1.98. The molecule has 0 N–H and O–H groups in total. The normalized spacial score (nSPS) is 10.1. The Labute approximate surface area is 94.8 Å². The quantitative estimate of drug-likeness (QED) is 0.687. The minimum absolute atomic E-state index is 0.727. The van der Waals surface area contributed by atoms with Crippen LogP contribution in [-0.4, -0.2) is 18.1 Å². The van der Waals surface area contributed by atoms with Crippen molar-refractivity contribution in [3.63, 3.8) is 0 Å². The Balaban J connectivity index is 2.18. The monoisotopic (exact) mass is 230 g/mol. The number of benzene rings is 1. The standard InChI is InChI=1S/C11H15ClOS/c1-2-14-8-4-7-13-11-6-3-5-10(12)9-11/h3,5-6,9H,2,4,7-8H2,1H3. The minimum Gasteiger partial charge on any atom is -0.494 e. The first-order valence-corrected chi connectivity index (χ1v) is 6.32. The molecule has 0 atom stereocenters. The first-order valence-electron chi connectivity index (χ1n) is 4.79. The lowest BCUT2D eigenvalue weighted by molar-refractivity contribution is 0.319. The molecular weight excluding hydrogens is 216 g/mol. The van der Waals surface area contributed by atoms with Gasteiger partial charge in [-0.1, -0.05) is 24.6 Å². The number of rotatable bonds is 6. The molecule has 0 aliphatic rings. The number of halogens is 1. The Bertz CT molecular complexity index is 265. The summed E-state index contributed by atoms with van der Waals surface area (Å²) >= 11 is 7.76. The predicted octanol–water partition coefficient (Wildman–Crippen LogP) is 3.86. The van der Waals surface area contributed by atoms with E-state index in [1.54, 1.807) is 0 Å². The number of hydrogen-bond donors (Lipinski definition) is 0. The maximum absolute atomic E-state index is 5.82. The van der Waals surface area contributed by atoms with Crippen LogP contribution in [0.15, 0.2) is 24.3 Å². The Kier molecular flexibility index (Phi) is 5.88. The second kappa shape index (κ2) is 7.02. The van der Waals surface area contributed by atoms with Crippen LogP contribution in [0.1, 0.15) is 13.3 Å². The van der Waals surface area contributed by atoms with Crippen LogP contribution < -0.4 is 4.74 Å². The molecule has 1 aromatic rings. The van der Waals surface area contributed by atoms with Gasteiger partial charge in [-0.2, -0.15) is 11.8 Å². The second-order valence-corrected chi connectivity index (χ2v) is 4.69. The van der Waals surface area contributed by atoms with Crippen molar-refractivity contribution in [2.45, 2.75) is 13.3 Å². The molecule has 0 fully saturated rings. The Morgan fingerprint density at radius 2 is 2.29 bits per heavy atom. The van der Waals surface area contributed by atoms with Gasteiger partial charge in [0.25, 0.3) is 0 Å². The summed E-state index contributed by atoms with van der Waals surface area (Å²) in [6, 6.07) is 7.52. The van der Waals surface area contributed by atoms with Gasteiger partial charge in [-0.3, -0.25) is 0 Å².